The number of Topliss-reactive ketones (excluding diaryl/α,β-unsaturated/α-hetero) is 1. The van der Waals surface area contributed by atoms with E-state index in [2.05, 4.69) is 5.32 Å². The summed E-state index contributed by atoms with van der Waals surface area (Å²) in [6, 6.07) is 5.38. The molecule has 1 aromatic carbocycles. The Kier molecular flexibility index (Phi) is 3.69. The van der Waals surface area contributed by atoms with E-state index in [9.17, 15) is 18.0 Å². The minimum atomic E-state index is -4.63. The summed E-state index contributed by atoms with van der Waals surface area (Å²) >= 11 is 0. The van der Waals surface area contributed by atoms with Crippen LogP contribution in [0.25, 0.3) is 0 Å². The van der Waals surface area contributed by atoms with Crippen LogP contribution in [0.1, 0.15) is 47.2 Å². The Morgan fingerprint density at radius 2 is 1.86 bits per heavy atom. The van der Waals surface area contributed by atoms with Crippen LogP contribution in [0.4, 0.5) is 13.2 Å². The Morgan fingerprint density at radius 1 is 1.23 bits per heavy atom. The molecule has 1 N–H and O–H groups in total. The van der Waals surface area contributed by atoms with Crippen LogP contribution in [0.15, 0.2) is 18.2 Å². The van der Waals surface area contributed by atoms with Gasteiger partial charge in [0.15, 0.2) is 5.78 Å². The number of nitrogens with one attached hydrogen (secondary N) is 1. The average molecular weight is 308 g/mol. The highest BCUT2D eigenvalue weighted by atomic mass is 19.4. The van der Waals surface area contributed by atoms with Gasteiger partial charge in [0.1, 0.15) is 0 Å². The number of piperidine rings is 1. The van der Waals surface area contributed by atoms with Crippen LogP contribution in [0.5, 0.6) is 0 Å². The predicted octanol–water partition coefficient (Wildman–Crippen LogP) is 3.29. The second kappa shape index (κ2) is 5.40. The van der Waals surface area contributed by atoms with Gasteiger partial charge in [-0.15, -0.1) is 0 Å². The van der Waals surface area contributed by atoms with Crippen LogP contribution in [-0.2, 0) is 6.18 Å². The molecule has 116 valence electrons. The molecule has 3 nitrogen and oxygen atoms in total. The van der Waals surface area contributed by atoms with Crippen molar-refractivity contribution in [2.24, 2.45) is 5.92 Å². The number of rotatable bonds is 2. The molecule has 0 aliphatic carbocycles. The molecule has 0 amide bonds. The standard InChI is InChI=1S/C16H15F3N2O/c17-16(18,19)14-7-9(1-2-10(14)8-20)15(22)11-5-12-3-4-13(6-11)21-12/h1-2,7,11-13,21H,3-6H2. The van der Waals surface area contributed by atoms with Crippen LogP contribution < -0.4 is 5.32 Å². The number of halogens is 3. The minimum Gasteiger partial charge on any atom is -0.311 e. The number of alkyl halides is 3. The second-order valence-electron chi connectivity index (χ2n) is 6.04. The van der Waals surface area contributed by atoms with Crippen LogP contribution in [0.3, 0.4) is 0 Å². The molecule has 2 saturated heterocycles. The Bertz CT molecular complexity index is 636. The Morgan fingerprint density at radius 3 is 2.41 bits per heavy atom. The van der Waals surface area contributed by atoms with Gasteiger partial charge in [-0.25, -0.2) is 0 Å². The van der Waals surface area contributed by atoms with Crippen molar-refractivity contribution in [2.45, 2.75) is 43.9 Å². The topological polar surface area (TPSA) is 52.9 Å². The quantitative estimate of drug-likeness (QED) is 0.853. The summed E-state index contributed by atoms with van der Waals surface area (Å²) in [5.41, 5.74) is -1.43. The molecule has 1 aromatic rings. The first-order chi connectivity index (χ1) is 10.4. The monoisotopic (exact) mass is 308 g/mol. The lowest BCUT2D eigenvalue weighted by Crippen LogP contribution is -2.40. The van der Waals surface area contributed by atoms with Crippen molar-refractivity contribution in [1.29, 1.82) is 5.26 Å². The van der Waals surface area contributed by atoms with E-state index in [1.807, 2.05) is 0 Å². The van der Waals surface area contributed by atoms with Crippen molar-refractivity contribution < 1.29 is 18.0 Å². The SMILES string of the molecule is N#Cc1ccc(C(=O)C2CC3CCC(C2)N3)cc1C(F)(F)F. The molecule has 6 heteroatoms. The number of ketones is 1. The van der Waals surface area contributed by atoms with Gasteiger partial charge in [0.05, 0.1) is 17.2 Å². The third-order valence-electron chi connectivity index (χ3n) is 4.57. The molecule has 22 heavy (non-hydrogen) atoms. The van der Waals surface area contributed by atoms with Gasteiger partial charge < -0.3 is 5.32 Å². The van der Waals surface area contributed by atoms with Crippen LogP contribution in [-0.4, -0.2) is 17.9 Å². The highest BCUT2D eigenvalue weighted by molar-refractivity contribution is 5.98. The van der Waals surface area contributed by atoms with Crippen LogP contribution in [0.2, 0.25) is 0 Å². The summed E-state index contributed by atoms with van der Waals surface area (Å²) in [4.78, 5) is 12.5. The molecule has 2 atom stereocenters. The van der Waals surface area contributed by atoms with Gasteiger partial charge in [-0.1, -0.05) is 6.07 Å². The summed E-state index contributed by atoms with van der Waals surface area (Å²) < 4.78 is 38.9. The Balaban J connectivity index is 1.89. The third kappa shape index (κ3) is 2.73. The van der Waals surface area contributed by atoms with Crippen LogP contribution >= 0.6 is 0 Å². The normalized spacial score (nSPS) is 27.5. The van der Waals surface area contributed by atoms with Gasteiger partial charge in [0.2, 0.25) is 0 Å². The molecule has 3 rings (SSSR count). The summed E-state index contributed by atoms with van der Waals surface area (Å²) in [5, 5.41) is 12.2. The van der Waals surface area contributed by atoms with Gasteiger partial charge in [0, 0.05) is 23.6 Å². The molecule has 2 aliphatic rings. The predicted molar refractivity (Wildman–Crippen MR) is 73.2 cm³/mol. The highest BCUT2D eigenvalue weighted by Crippen LogP contribution is 2.35. The number of fused-ring (bicyclic) bond motifs is 2. The first-order valence-corrected chi connectivity index (χ1v) is 7.30. The number of hydrogen-bond acceptors (Lipinski definition) is 3. The fraction of sp³-hybridized carbons (Fsp3) is 0.500. The molecular weight excluding hydrogens is 293 g/mol. The van der Waals surface area contributed by atoms with Crippen molar-refractivity contribution in [3.05, 3.63) is 34.9 Å². The molecule has 2 unspecified atom stereocenters. The molecule has 0 radical (unpaired) electrons. The highest BCUT2D eigenvalue weighted by Gasteiger charge is 2.38. The number of hydrogen-bond donors (Lipinski definition) is 1. The van der Waals surface area contributed by atoms with Crippen molar-refractivity contribution in [3.8, 4) is 6.07 Å². The first kappa shape index (κ1) is 15.0. The molecule has 0 spiro atoms. The Hall–Kier alpha value is -1.87. The van der Waals surface area contributed by atoms with E-state index in [-0.39, 0.29) is 17.3 Å². The van der Waals surface area contributed by atoms with E-state index in [1.54, 1.807) is 0 Å². The number of carbonyl (C=O) groups excluding carboxylic acids is 1. The first-order valence-electron chi connectivity index (χ1n) is 7.30. The lowest BCUT2D eigenvalue weighted by molar-refractivity contribution is -0.137. The molecule has 2 aliphatic heterocycles. The zero-order valence-corrected chi connectivity index (χ0v) is 11.8. The van der Waals surface area contributed by atoms with Crippen LogP contribution in [0, 0.1) is 17.2 Å². The summed E-state index contributed by atoms with van der Waals surface area (Å²) in [6.45, 7) is 0. The van der Waals surface area contributed by atoms with E-state index in [4.69, 9.17) is 5.26 Å². The maximum Gasteiger partial charge on any atom is 0.417 e. The van der Waals surface area contributed by atoms with Gasteiger partial charge in [-0.05, 0) is 37.8 Å². The lowest BCUT2D eigenvalue weighted by atomic mass is 9.85. The van der Waals surface area contributed by atoms with Crippen molar-refractivity contribution >= 4 is 5.78 Å². The maximum atomic E-state index is 13.0. The van der Waals surface area contributed by atoms with Gasteiger partial charge >= 0.3 is 6.18 Å². The maximum absolute atomic E-state index is 13.0. The lowest BCUT2D eigenvalue weighted by Gasteiger charge is -2.28. The Labute approximate surface area is 126 Å². The smallest absolute Gasteiger partial charge is 0.311 e. The van der Waals surface area contributed by atoms with Crippen molar-refractivity contribution in [2.75, 3.05) is 0 Å². The molecular formula is C16H15F3N2O. The molecule has 2 fully saturated rings. The van der Waals surface area contributed by atoms with E-state index < -0.39 is 17.3 Å². The zero-order valence-electron chi connectivity index (χ0n) is 11.8. The largest absolute Gasteiger partial charge is 0.417 e. The summed E-state index contributed by atoms with van der Waals surface area (Å²) in [5.74, 6) is -0.471. The second-order valence-corrected chi connectivity index (χ2v) is 6.04. The van der Waals surface area contributed by atoms with Crippen molar-refractivity contribution in [1.82, 2.24) is 5.32 Å². The van der Waals surface area contributed by atoms with Crippen molar-refractivity contribution in [3.63, 3.8) is 0 Å². The van der Waals surface area contributed by atoms with E-state index >= 15 is 0 Å². The number of nitrogens with zero attached hydrogens (tertiary/aromatic N) is 1. The minimum absolute atomic E-state index is 0.0534. The third-order valence-corrected chi connectivity index (χ3v) is 4.57. The van der Waals surface area contributed by atoms with E-state index in [0.29, 0.717) is 24.9 Å². The van der Waals surface area contributed by atoms with Gasteiger partial charge in [-0.2, -0.15) is 18.4 Å². The van der Waals surface area contributed by atoms with Gasteiger partial charge in [-0.3, -0.25) is 4.79 Å². The number of carbonyl (C=O) groups is 1. The molecule has 0 saturated carbocycles. The molecule has 0 aromatic heterocycles. The average Bonchev–Trinajstić information content (AvgIpc) is 2.83. The fourth-order valence-electron chi connectivity index (χ4n) is 3.54. The van der Waals surface area contributed by atoms with Gasteiger partial charge in [0.25, 0.3) is 0 Å². The summed E-state index contributed by atoms with van der Waals surface area (Å²) in [6.07, 6.45) is -1.23. The molecule has 2 bridgehead atoms. The molecule has 2 heterocycles. The number of benzene rings is 1. The fourth-order valence-corrected chi connectivity index (χ4v) is 3.54. The summed E-state index contributed by atoms with van der Waals surface area (Å²) in [7, 11) is 0. The zero-order chi connectivity index (χ0) is 15.9. The van der Waals surface area contributed by atoms with E-state index in [0.717, 1.165) is 25.0 Å². The van der Waals surface area contributed by atoms with E-state index in [1.165, 1.54) is 12.1 Å². The number of nitriles is 1.